The number of rotatable bonds is 2. The zero-order valence-corrected chi connectivity index (χ0v) is 8.77. The SMILES string of the molecule is COc1ncc(-n2ccc(N)n2)cc1Cl. The van der Waals surface area contributed by atoms with Crippen molar-refractivity contribution in [2.75, 3.05) is 12.8 Å². The molecule has 78 valence electrons. The summed E-state index contributed by atoms with van der Waals surface area (Å²) in [6.45, 7) is 0. The first kappa shape index (κ1) is 9.79. The monoisotopic (exact) mass is 224 g/mol. The average molecular weight is 225 g/mol. The maximum atomic E-state index is 5.93. The molecule has 2 aromatic rings. The maximum Gasteiger partial charge on any atom is 0.232 e. The number of nitrogen functional groups attached to an aromatic ring is 1. The van der Waals surface area contributed by atoms with E-state index in [0.717, 1.165) is 5.69 Å². The second kappa shape index (κ2) is 3.78. The third-order valence-electron chi connectivity index (χ3n) is 1.86. The molecule has 5 nitrogen and oxygen atoms in total. The number of anilines is 1. The number of aromatic nitrogens is 3. The zero-order chi connectivity index (χ0) is 10.8. The third kappa shape index (κ3) is 1.87. The highest BCUT2D eigenvalue weighted by Crippen LogP contribution is 2.23. The van der Waals surface area contributed by atoms with Crippen molar-refractivity contribution in [3.63, 3.8) is 0 Å². The van der Waals surface area contributed by atoms with Gasteiger partial charge in [-0.25, -0.2) is 9.67 Å². The van der Waals surface area contributed by atoms with Gasteiger partial charge in [-0.2, -0.15) is 5.10 Å². The molecule has 0 radical (unpaired) electrons. The summed E-state index contributed by atoms with van der Waals surface area (Å²) in [5.74, 6) is 0.836. The van der Waals surface area contributed by atoms with E-state index in [4.69, 9.17) is 22.1 Å². The van der Waals surface area contributed by atoms with Crippen molar-refractivity contribution in [1.82, 2.24) is 14.8 Å². The van der Waals surface area contributed by atoms with Crippen LogP contribution >= 0.6 is 11.6 Å². The van der Waals surface area contributed by atoms with Crippen LogP contribution in [0.1, 0.15) is 0 Å². The van der Waals surface area contributed by atoms with E-state index >= 15 is 0 Å². The van der Waals surface area contributed by atoms with Crippen molar-refractivity contribution in [3.8, 4) is 11.6 Å². The lowest BCUT2D eigenvalue weighted by molar-refractivity contribution is 0.398. The quantitative estimate of drug-likeness (QED) is 0.840. The minimum absolute atomic E-state index is 0.389. The fourth-order valence-electron chi connectivity index (χ4n) is 1.17. The number of nitrogens with zero attached hydrogens (tertiary/aromatic N) is 3. The van der Waals surface area contributed by atoms with Crippen molar-refractivity contribution in [2.45, 2.75) is 0 Å². The molecule has 0 atom stereocenters. The molecule has 0 unspecified atom stereocenters. The van der Waals surface area contributed by atoms with Gasteiger partial charge in [0.05, 0.1) is 19.0 Å². The number of ether oxygens (including phenoxy) is 1. The molecule has 0 saturated heterocycles. The van der Waals surface area contributed by atoms with E-state index in [1.165, 1.54) is 7.11 Å². The summed E-state index contributed by atoms with van der Waals surface area (Å²) in [4.78, 5) is 4.03. The smallest absolute Gasteiger partial charge is 0.232 e. The number of hydrogen-bond donors (Lipinski definition) is 1. The molecule has 0 aliphatic heterocycles. The van der Waals surface area contributed by atoms with Crippen LogP contribution in [0.5, 0.6) is 5.88 Å². The molecule has 6 heteroatoms. The van der Waals surface area contributed by atoms with Crippen molar-refractivity contribution in [3.05, 3.63) is 29.5 Å². The fraction of sp³-hybridized carbons (Fsp3) is 0.111. The van der Waals surface area contributed by atoms with Gasteiger partial charge < -0.3 is 10.5 Å². The van der Waals surface area contributed by atoms with Gasteiger partial charge in [-0.15, -0.1) is 0 Å². The first-order valence-corrected chi connectivity index (χ1v) is 4.59. The summed E-state index contributed by atoms with van der Waals surface area (Å²) in [5, 5.41) is 4.47. The first-order valence-electron chi connectivity index (χ1n) is 4.22. The summed E-state index contributed by atoms with van der Waals surface area (Å²) >= 11 is 5.93. The van der Waals surface area contributed by atoms with Gasteiger partial charge in [-0.1, -0.05) is 11.6 Å². The van der Waals surface area contributed by atoms with E-state index < -0.39 is 0 Å². The molecule has 0 aliphatic carbocycles. The van der Waals surface area contributed by atoms with Gasteiger partial charge in [0.1, 0.15) is 10.8 Å². The molecule has 0 bridgehead atoms. The van der Waals surface area contributed by atoms with Gasteiger partial charge in [-0.05, 0) is 6.07 Å². The van der Waals surface area contributed by atoms with Crippen LogP contribution in [-0.4, -0.2) is 21.9 Å². The maximum absolute atomic E-state index is 5.93. The summed E-state index contributed by atoms with van der Waals surface area (Å²) in [6, 6.07) is 3.40. The minimum Gasteiger partial charge on any atom is -0.480 e. The second-order valence-electron chi connectivity index (χ2n) is 2.87. The number of pyridine rings is 1. The molecule has 0 amide bonds. The van der Waals surface area contributed by atoms with Crippen molar-refractivity contribution in [1.29, 1.82) is 0 Å². The molecule has 15 heavy (non-hydrogen) atoms. The Kier molecular flexibility index (Phi) is 2.47. The summed E-state index contributed by atoms with van der Waals surface area (Å²) in [5.41, 5.74) is 6.23. The third-order valence-corrected chi connectivity index (χ3v) is 2.13. The molecular weight excluding hydrogens is 216 g/mol. The van der Waals surface area contributed by atoms with E-state index in [0.29, 0.717) is 16.7 Å². The zero-order valence-electron chi connectivity index (χ0n) is 8.01. The number of methoxy groups -OCH3 is 1. The summed E-state index contributed by atoms with van der Waals surface area (Å²) < 4.78 is 6.53. The average Bonchev–Trinajstić information content (AvgIpc) is 2.65. The molecule has 0 spiro atoms. The lowest BCUT2D eigenvalue weighted by Gasteiger charge is -2.04. The van der Waals surface area contributed by atoms with E-state index in [1.807, 2.05) is 0 Å². The Balaban J connectivity index is 2.42. The Morgan fingerprint density at radius 1 is 1.53 bits per heavy atom. The molecule has 2 heterocycles. The van der Waals surface area contributed by atoms with Gasteiger partial charge in [0.15, 0.2) is 0 Å². The van der Waals surface area contributed by atoms with Crippen LogP contribution in [0.25, 0.3) is 5.69 Å². The Hall–Kier alpha value is -1.75. The highest BCUT2D eigenvalue weighted by molar-refractivity contribution is 6.32. The summed E-state index contributed by atoms with van der Waals surface area (Å²) in [7, 11) is 1.51. The Labute approximate surface area is 91.4 Å². The lowest BCUT2D eigenvalue weighted by atomic mass is 10.4. The lowest BCUT2D eigenvalue weighted by Crippen LogP contribution is -1.98. The van der Waals surface area contributed by atoms with Crippen LogP contribution in [0.2, 0.25) is 5.02 Å². The molecule has 2 N–H and O–H groups in total. The van der Waals surface area contributed by atoms with Crippen LogP contribution in [0.4, 0.5) is 5.82 Å². The molecular formula is C9H9ClN4O. The molecule has 2 aromatic heterocycles. The minimum atomic E-state index is 0.389. The predicted octanol–water partition coefficient (Wildman–Crippen LogP) is 1.51. The van der Waals surface area contributed by atoms with E-state index in [2.05, 4.69) is 10.1 Å². The number of halogens is 1. The van der Waals surface area contributed by atoms with Crippen molar-refractivity contribution in [2.24, 2.45) is 0 Å². The molecule has 2 rings (SSSR count). The van der Waals surface area contributed by atoms with Crippen LogP contribution in [0.15, 0.2) is 24.5 Å². The van der Waals surface area contributed by atoms with Crippen molar-refractivity contribution >= 4 is 17.4 Å². The van der Waals surface area contributed by atoms with Gasteiger partial charge >= 0.3 is 0 Å². The Morgan fingerprint density at radius 3 is 2.87 bits per heavy atom. The van der Waals surface area contributed by atoms with E-state index in [-0.39, 0.29) is 0 Å². The molecule has 0 aliphatic rings. The highest BCUT2D eigenvalue weighted by atomic mass is 35.5. The van der Waals surface area contributed by atoms with Gasteiger partial charge in [-0.3, -0.25) is 0 Å². The standard InChI is InChI=1S/C9H9ClN4O/c1-15-9-7(10)4-6(5-12-9)14-3-2-8(11)13-14/h2-5H,1H3,(H2,11,13). The van der Waals surface area contributed by atoms with Gasteiger partial charge in [0.2, 0.25) is 5.88 Å². The van der Waals surface area contributed by atoms with Crippen LogP contribution in [-0.2, 0) is 0 Å². The normalized spacial score (nSPS) is 10.3. The molecule has 0 saturated carbocycles. The van der Waals surface area contributed by atoms with Crippen molar-refractivity contribution < 1.29 is 4.74 Å². The predicted molar refractivity (Wildman–Crippen MR) is 57.3 cm³/mol. The number of nitrogens with two attached hydrogens (primary N) is 1. The Morgan fingerprint density at radius 2 is 2.33 bits per heavy atom. The molecule has 0 fully saturated rings. The first-order chi connectivity index (χ1) is 7.20. The van der Waals surface area contributed by atoms with Gasteiger partial charge in [0, 0.05) is 12.3 Å². The summed E-state index contributed by atoms with van der Waals surface area (Å²) in [6.07, 6.45) is 3.34. The largest absolute Gasteiger partial charge is 0.480 e. The van der Waals surface area contributed by atoms with Gasteiger partial charge in [0.25, 0.3) is 0 Å². The second-order valence-corrected chi connectivity index (χ2v) is 3.28. The fourth-order valence-corrected chi connectivity index (χ4v) is 1.41. The Bertz CT molecular complexity index is 483. The topological polar surface area (TPSA) is 66.0 Å². The molecule has 0 aromatic carbocycles. The van der Waals surface area contributed by atoms with Crippen LogP contribution < -0.4 is 10.5 Å². The highest BCUT2D eigenvalue weighted by Gasteiger charge is 2.05. The van der Waals surface area contributed by atoms with Crippen LogP contribution in [0, 0.1) is 0 Å². The van der Waals surface area contributed by atoms with E-state index in [1.54, 1.807) is 29.2 Å². The van der Waals surface area contributed by atoms with Crippen LogP contribution in [0.3, 0.4) is 0 Å². The number of hydrogen-bond acceptors (Lipinski definition) is 4. The van der Waals surface area contributed by atoms with E-state index in [9.17, 15) is 0 Å².